The molecule has 30 heavy (non-hydrogen) atoms. The number of amides is 1. The molecule has 3 aromatic rings. The second-order valence-electron chi connectivity index (χ2n) is 6.43. The first-order valence-corrected chi connectivity index (χ1v) is 8.97. The summed E-state index contributed by atoms with van der Waals surface area (Å²) in [4.78, 5) is 26.6. The van der Waals surface area contributed by atoms with Crippen molar-refractivity contribution in [1.29, 1.82) is 0 Å². The fourth-order valence-corrected chi connectivity index (χ4v) is 3.30. The number of hydrogen-bond acceptors (Lipinski definition) is 7. The lowest BCUT2D eigenvalue weighted by molar-refractivity contribution is -0.367. The maximum absolute atomic E-state index is 13.3. The van der Waals surface area contributed by atoms with Crippen LogP contribution in [0.3, 0.4) is 0 Å². The van der Waals surface area contributed by atoms with E-state index in [1.165, 1.54) is 36.2 Å². The average molecular weight is 442 g/mol. The molecule has 0 atom stereocenters. The smallest absolute Gasteiger partial charge is 0.455 e. The normalized spacial score (nSPS) is 15.0. The number of aromatic nitrogens is 2. The summed E-state index contributed by atoms with van der Waals surface area (Å²) in [5.74, 6) is -0.561. The van der Waals surface area contributed by atoms with E-state index in [4.69, 9.17) is 21.1 Å². The van der Waals surface area contributed by atoms with Crippen LogP contribution in [-0.2, 0) is 29.3 Å². The van der Waals surface area contributed by atoms with E-state index >= 15 is 0 Å². The molecule has 9 nitrogen and oxygen atoms in total. The topological polar surface area (TPSA) is 107 Å². The molecule has 0 aliphatic carbocycles. The van der Waals surface area contributed by atoms with E-state index in [0.717, 1.165) is 4.68 Å². The largest absolute Gasteiger partial charge is 0.535 e. The van der Waals surface area contributed by atoms with Crippen LogP contribution in [0.15, 0.2) is 33.5 Å². The van der Waals surface area contributed by atoms with Crippen molar-refractivity contribution < 1.29 is 32.6 Å². The second-order valence-corrected chi connectivity index (χ2v) is 6.79. The Labute approximate surface area is 172 Å². The number of hydrogen-bond donors (Lipinski definition) is 1. The van der Waals surface area contributed by atoms with Gasteiger partial charge in [-0.15, -0.1) is 8.78 Å². The molecule has 1 amide bonds. The molecular formula is C18H14ClF2N3O6. The van der Waals surface area contributed by atoms with E-state index in [1.54, 1.807) is 0 Å². The molecule has 0 saturated carbocycles. The van der Waals surface area contributed by atoms with Gasteiger partial charge in [-0.25, -0.2) is 4.68 Å². The minimum absolute atomic E-state index is 0.00938. The molecule has 2 aromatic heterocycles. The third-order valence-corrected chi connectivity index (χ3v) is 4.79. The van der Waals surface area contributed by atoms with Gasteiger partial charge in [0.15, 0.2) is 10.7 Å². The number of furan rings is 1. The van der Waals surface area contributed by atoms with E-state index in [9.17, 15) is 18.4 Å². The summed E-state index contributed by atoms with van der Waals surface area (Å²) in [6.07, 6.45) is -3.75. The van der Waals surface area contributed by atoms with Crippen molar-refractivity contribution in [3.8, 4) is 5.75 Å². The van der Waals surface area contributed by atoms with Gasteiger partial charge in [0.1, 0.15) is 24.7 Å². The first-order chi connectivity index (χ1) is 14.2. The lowest BCUT2D eigenvalue weighted by Crippen LogP contribution is -2.37. The van der Waals surface area contributed by atoms with Crippen LogP contribution < -0.4 is 15.2 Å². The summed E-state index contributed by atoms with van der Waals surface area (Å²) < 4.78 is 41.5. The highest BCUT2D eigenvalue weighted by Gasteiger charge is 2.39. The van der Waals surface area contributed by atoms with E-state index in [-0.39, 0.29) is 38.9 Å². The molecule has 158 valence electrons. The van der Waals surface area contributed by atoms with Gasteiger partial charge in [0.05, 0.1) is 17.7 Å². The third kappa shape index (κ3) is 3.51. The van der Waals surface area contributed by atoms with Gasteiger partial charge in [-0.05, 0) is 18.2 Å². The zero-order chi connectivity index (χ0) is 21.6. The number of fused-ring (bicyclic) bond motifs is 2. The zero-order valence-electron chi connectivity index (χ0n) is 15.4. The van der Waals surface area contributed by atoms with E-state index in [1.807, 2.05) is 0 Å². The highest BCUT2D eigenvalue weighted by atomic mass is 35.5. The minimum atomic E-state index is -3.75. The average Bonchev–Trinajstić information content (AvgIpc) is 3.15. The van der Waals surface area contributed by atoms with Crippen LogP contribution in [0.1, 0.15) is 11.3 Å². The van der Waals surface area contributed by atoms with Crippen LogP contribution >= 0.6 is 11.6 Å². The number of nitrogens with zero attached hydrogens (tertiary/aromatic N) is 3. The molecule has 0 saturated heterocycles. The third-order valence-electron chi connectivity index (χ3n) is 4.54. The fourth-order valence-electron chi connectivity index (χ4n) is 3.07. The summed E-state index contributed by atoms with van der Waals surface area (Å²) in [5, 5.41) is 13.0. The highest BCUT2D eigenvalue weighted by molar-refractivity contribution is 6.33. The number of likely N-dealkylation sites (N-methyl/N-ethyl adjacent to an activating group) is 1. The molecule has 0 fully saturated rings. The van der Waals surface area contributed by atoms with Crippen molar-refractivity contribution in [2.75, 3.05) is 11.9 Å². The predicted octanol–water partition coefficient (Wildman–Crippen LogP) is 2.26. The number of carbonyl (C=O) groups excluding carboxylic acids is 1. The van der Waals surface area contributed by atoms with Crippen molar-refractivity contribution >= 4 is 34.2 Å². The number of anilines is 1. The number of aliphatic hydroxyl groups is 1. The molecule has 1 N–H and O–H groups in total. The first kappa shape index (κ1) is 20.3. The van der Waals surface area contributed by atoms with Crippen molar-refractivity contribution in [2.24, 2.45) is 0 Å². The van der Waals surface area contributed by atoms with Gasteiger partial charge in [0, 0.05) is 12.6 Å². The molecule has 12 heteroatoms. The summed E-state index contributed by atoms with van der Waals surface area (Å²) >= 11 is 6.03. The van der Waals surface area contributed by atoms with Gasteiger partial charge in [-0.3, -0.25) is 14.3 Å². The van der Waals surface area contributed by atoms with Crippen LogP contribution in [0, 0.1) is 0 Å². The molecule has 1 aliphatic rings. The Morgan fingerprint density at radius 3 is 2.93 bits per heavy atom. The van der Waals surface area contributed by atoms with Crippen LogP contribution in [-0.4, -0.2) is 34.1 Å². The number of halogens is 3. The predicted molar refractivity (Wildman–Crippen MR) is 99.4 cm³/mol. The maximum atomic E-state index is 13.3. The lowest BCUT2D eigenvalue weighted by Gasteiger charge is -2.28. The molecular weight excluding hydrogens is 428 g/mol. The van der Waals surface area contributed by atoms with Gasteiger partial charge in [0.25, 0.3) is 5.56 Å². The van der Waals surface area contributed by atoms with Crippen molar-refractivity contribution in [1.82, 2.24) is 9.78 Å². The van der Waals surface area contributed by atoms with Crippen molar-refractivity contribution in [2.45, 2.75) is 26.1 Å². The Kier molecular flexibility index (Phi) is 4.96. The van der Waals surface area contributed by atoms with Crippen molar-refractivity contribution in [3.63, 3.8) is 0 Å². The van der Waals surface area contributed by atoms with Gasteiger partial charge < -0.3 is 19.2 Å². The molecule has 0 unspecified atom stereocenters. The molecule has 0 bridgehead atoms. The molecule has 3 heterocycles. The number of carbonyl (C=O) groups is 1. The van der Waals surface area contributed by atoms with Gasteiger partial charge in [-0.1, -0.05) is 17.7 Å². The molecule has 4 rings (SSSR count). The fraction of sp³-hybridized carbons (Fsp3) is 0.278. The van der Waals surface area contributed by atoms with E-state index in [2.05, 4.69) is 14.6 Å². The van der Waals surface area contributed by atoms with Crippen LogP contribution in [0.25, 0.3) is 11.0 Å². The Balaban J connectivity index is 1.64. The van der Waals surface area contributed by atoms with Crippen LogP contribution in [0.4, 0.5) is 14.5 Å². The summed E-state index contributed by atoms with van der Waals surface area (Å²) in [6.45, 7) is -1.38. The van der Waals surface area contributed by atoms with Gasteiger partial charge in [0.2, 0.25) is 5.91 Å². The molecule has 0 spiro atoms. The Hall–Kier alpha value is -3.02. The summed E-state index contributed by atoms with van der Waals surface area (Å²) in [5.41, 5.74) is -0.0919. The lowest BCUT2D eigenvalue weighted by atomic mass is 10.1. The SMILES string of the molecule is CN(C(=O)Cn1nc(Cl)c2oc(CO)cc2c1=O)c1cccc2c1COC(F)(F)O2. The monoisotopic (exact) mass is 441 g/mol. The van der Waals surface area contributed by atoms with E-state index in [0.29, 0.717) is 0 Å². The highest BCUT2D eigenvalue weighted by Crippen LogP contribution is 2.38. The summed E-state index contributed by atoms with van der Waals surface area (Å²) in [7, 11) is 1.41. The van der Waals surface area contributed by atoms with Crippen LogP contribution in [0.5, 0.6) is 5.75 Å². The first-order valence-electron chi connectivity index (χ1n) is 8.59. The minimum Gasteiger partial charge on any atom is -0.455 e. The molecule has 0 radical (unpaired) electrons. The Bertz CT molecular complexity index is 1210. The van der Waals surface area contributed by atoms with Crippen molar-refractivity contribution in [3.05, 3.63) is 51.1 Å². The Morgan fingerprint density at radius 1 is 1.43 bits per heavy atom. The number of benzene rings is 1. The summed E-state index contributed by atoms with van der Waals surface area (Å²) in [6, 6.07) is 5.64. The van der Waals surface area contributed by atoms with Gasteiger partial charge >= 0.3 is 6.29 Å². The number of aliphatic hydroxyl groups excluding tert-OH is 1. The Morgan fingerprint density at radius 2 is 2.20 bits per heavy atom. The molecule has 1 aromatic carbocycles. The number of ether oxygens (including phenoxy) is 2. The van der Waals surface area contributed by atoms with Crippen LogP contribution in [0.2, 0.25) is 5.15 Å². The zero-order valence-corrected chi connectivity index (χ0v) is 16.2. The number of alkyl halides is 2. The molecule has 1 aliphatic heterocycles. The standard InChI is InChI=1S/C18H14ClF2N3O6/c1-23(12-3-2-4-13-11(12)8-28-18(20,21)30-13)14(26)6-24-17(27)10-5-9(7-25)29-15(10)16(19)22-24/h2-5,25H,6-8H2,1H3. The number of rotatable bonds is 4. The second kappa shape index (κ2) is 7.35. The van der Waals surface area contributed by atoms with Gasteiger partial charge in [-0.2, -0.15) is 5.10 Å². The quantitative estimate of drug-likeness (QED) is 0.661. The van der Waals surface area contributed by atoms with E-state index < -0.39 is 37.5 Å². The maximum Gasteiger partial charge on any atom is 0.535 e.